The normalized spacial score (nSPS) is 10.6. The van der Waals surface area contributed by atoms with Crippen molar-refractivity contribution in [1.82, 2.24) is 4.98 Å². The molecule has 1 aromatic heterocycles. The summed E-state index contributed by atoms with van der Waals surface area (Å²) in [4.78, 5) is 14.6. The number of non-ortho nitro benzene ring substituents is 1. The molecule has 3 rings (SSSR count). The first-order valence-corrected chi connectivity index (χ1v) is 7.03. The van der Waals surface area contributed by atoms with Crippen LogP contribution in [0.2, 0.25) is 0 Å². The zero-order chi connectivity index (χ0) is 15.7. The Kier molecular flexibility index (Phi) is 3.64. The van der Waals surface area contributed by atoms with Crippen LogP contribution < -0.4 is 0 Å². The molecule has 6 nitrogen and oxygen atoms in total. The smallest absolute Gasteiger partial charge is 0.270 e. The van der Waals surface area contributed by atoms with Gasteiger partial charge in [-0.05, 0) is 46.3 Å². The van der Waals surface area contributed by atoms with Crippen molar-refractivity contribution in [2.45, 2.75) is 0 Å². The van der Waals surface area contributed by atoms with Crippen LogP contribution in [0.1, 0.15) is 0 Å². The molecule has 0 bridgehead atoms. The van der Waals surface area contributed by atoms with Crippen LogP contribution in [0.25, 0.3) is 22.8 Å². The summed E-state index contributed by atoms with van der Waals surface area (Å²) in [6.45, 7) is 0. The molecular formula is C15H9BrN2O4. The van der Waals surface area contributed by atoms with Crippen LogP contribution in [0.5, 0.6) is 5.75 Å². The maximum atomic E-state index is 10.9. The molecule has 0 aliphatic rings. The van der Waals surface area contributed by atoms with Crippen LogP contribution >= 0.6 is 15.9 Å². The highest BCUT2D eigenvalue weighted by molar-refractivity contribution is 9.10. The molecule has 0 radical (unpaired) electrons. The molecule has 0 aliphatic heterocycles. The predicted molar refractivity (Wildman–Crippen MR) is 83.4 cm³/mol. The second-order valence-electron chi connectivity index (χ2n) is 4.50. The SMILES string of the molecule is O=[N+]([O-])c1ccc(Br)c(-c2ncc(-c3ccc(O)cc3)o2)c1. The molecule has 0 amide bonds. The van der Waals surface area contributed by atoms with E-state index in [1.165, 1.54) is 18.3 Å². The molecular weight excluding hydrogens is 352 g/mol. The summed E-state index contributed by atoms with van der Waals surface area (Å²) < 4.78 is 6.32. The topological polar surface area (TPSA) is 89.4 Å². The molecule has 1 N–H and O–H groups in total. The molecule has 2 aromatic carbocycles. The lowest BCUT2D eigenvalue weighted by Crippen LogP contribution is -1.89. The first-order chi connectivity index (χ1) is 10.5. The van der Waals surface area contributed by atoms with Gasteiger partial charge in [0.1, 0.15) is 5.75 Å². The van der Waals surface area contributed by atoms with Gasteiger partial charge in [-0.1, -0.05) is 0 Å². The van der Waals surface area contributed by atoms with Gasteiger partial charge in [0.2, 0.25) is 5.89 Å². The van der Waals surface area contributed by atoms with E-state index in [9.17, 15) is 15.2 Å². The summed E-state index contributed by atoms with van der Waals surface area (Å²) in [5.74, 6) is 0.942. The van der Waals surface area contributed by atoms with Crippen molar-refractivity contribution in [1.29, 1.82) is 0 Å². The van der Waals surface area contributed by atoms with E-state index in [-0.39, 0.29) is 17.3 Å². The summed E-state index contributed by atoms with van der Waals surface area (Å²) in [5.41, 5.74) is 1.21. The number of phenolic OH excluding ortho intramolecular Hbond substituents is 1. The summed E-state index contributed by atoms with van der Waals surface area (Å²) in [5, 5.41) is 20.2. The molecule has 0 saturated heterocycles. The van der Waals surface area contributed by atoms with Crippen molar-refractivity contribution in [3.05, 3.63) is 63.2 Å². The summed E-state index contributed by atoms with van der Waals surface area (Å²) in [7, 11) is 0. The monoisotopic (exact) mass is 360 g/mol. The maximum Gasteiger partial charge on any atom is 0.270 e. The van der Waals surface area contributed by atoms with Crippen molar-refractivity contribution in [2.75, 3.05) is 0 Å². The minimum atomic E-state index is -0.472. The van der Waals surface area contributed by atoms with Gasteiger partial charge in [0, 0.05) is 22.2 Å². The number of oxazole rings is 1. The Morgan fingerprint density at radius 1 is 1.18 bits per heavy atom. The van der Waals surface area contributed by atoms with Crippen molar-refractivity contribution in [3.8, 4) is 28.5 Å². The molecule has 0 unspecified atom stereocenters. The number of halogens is 1. The van der Waals surface area contributed by atoms with E-state index in [1.807, 2.05) is 0 Å². The van der Waals surface area contributed by atoms with Crippen LogP contribution in [0.15, 0.2) is 57.6 Å². The summed E-state index contributed by atoms with van der Waals surface area (Å²) >= 11 is 3.34. The highest BCUT2D eigenvalue weighted by Crippen LogP contribution is 2.33. The quantitative estimate of drug-likeness (QED) is 0.552. The fourth-order valence-electron chi connectivity index (χ4n) is 1.95. The zero-order valence-electron chi connectivity index (χ0n) is 11.1. The Morgan fingerprint density at radius 3 is 2.59 bits per heavy atom. The number of phenols is 1. The van der Waals surface area contributed by atoms with E-state index in [0.29, 0.717) is 15.8 Å². The average Bonchev–Trinajstić information content (AvgIpc) is 2.98. The van der Waals surface area contributed by atoms with Crippen LogP contribution in [0.4, 0.5) is 5.69 Å². The van der Waals surface area contributed by atoms with Crippen LogP contribution in [-0.2, 0) is 0 Å². The molecule has 110 valence electrons. The highest BCUT2D eigenvalue weighted by Gasteiger charge is 2.16. The number of rotatable bonds is 3. The largest absolute Gasteiger partial charge is 0.508 e. The van der Waals surface area contributed by atoms with E-state index in [4.69, 9.17) is 4.42 Å². The lowest BCUT2D eigenvalue weighted by Gasteiger charge is -2.00. The summed E-state index contributed by atoms with van der Waals surface area (Å²) in [6.07, 6.45) is 1.53. The lowest BCUT2D eigenvalue weighted by molar-refractivity contribution is -0.384. The summed E-state index contributed by atoms with van der Waals surface area (Å²) in [6, 6.07) is 10.9. The van der Waals surface area contributed by atoms with E-state index in [1.54, 1.807) is 30.3 Å². The third kappa shape index (κ3) is 2.71. The Morgan fingerprint density at radius 2 is 1.91 bits per heavy atom. The molecule has 3 aromatic rings. The molecule has 7 heteroatoms. The van der Waals surface area contributed by atoms with Gasteiger partial charge in [0.25, 0.3) is 5.69 Å². The third-order valence-electron chi connectivity index (χ3n) is 3.05. The van der Waals surface area contributed by atoms with Crippen molar-refractivity contribution >= 4 is 21.6 Å². The van der Waals surface area contributed by atoms with Gasteiger partial charge in [-0.15, -0.1) is 0 Å². The molecule has 0 spiro atoms. The first-order valence-electron chi connectivity index (χ1n) is 6.24. The van der Waals surface area contributed by atoms with Gasteiger partial charge in [-0.25, -0.2) is 4.98 Å². The number of aromatic nitrogens is 1. The Hall–Kier alpha value is -2.67. The van der Waals surface area contributed by atoms with Gasteiger partial charge >= 0.3 is 0 Å². The Balaban J connectivity index is 2.02. The van der Waals surface area contributed by atoms with Gasteiger partial charge in [0.05, 0.1) is 16.7 Å². The standard InChI is InChI=1S/C15H9BrN2O4/c16-13-6-3-10(18(20)21)7-12(13)15-17-8-14(22-15)9-1-4-11(19)5-2-9/h1-8,19H. The van der Waals surface area contributed by atoms with E-state index < -0.39 is 4.92 Å². The Bertz CT molecular complexity index is 843. The first kappa shape index (κ1) is 14.3. The van der Waals surface area contributed by atoms with E-state index in [0.717, 1.165) is 5.56 Å². The second kappa shape index (κ2) is 5.61. The minimum Gasteiger partial charge on any atom is -0.508 e. The van der Waals surface area contributed by atoms with E-state index in [2.05, 4.69) is 20.9 Å². The number of nitro groups is 1. The number of nitrogens with zero attached hydrogens (tertiary/aromatic N) is 2. The maximum absolute atomic E-state index is 10.9. The molecule has 0 saturated carbocycles. The fraction of sp³-hybridized carbons (Fsp3) is 0. The average molecular weight is 361 g/mol. The lowest BCUT2D eigenvalue weighted by atomic mass is 10.2. The van der Waals surface area contributed by atoms with Gasteiger partial charge in [0.15, 0.2) is 5.76 Å². The fourth-order valence-corrected chi connectivity index (χ4v) is 2.36. The van der Waals surface area contributed by atoms with Crippen molar-refractivity contribution in [3.63, 3.8) is 0 Å². The molecule has 0 aliphatic carbocycles. The highest BCUT2D eigenvalue weighted by atomic mass is 79.9. The van der Waals surface area contributed by atoms with Gasteiger partial charge < -0.3 is 9.52 Å². The molecule has 0 fully saturated rings. The van der Waals surface area contributed by atoms with Crippen molar-refractivity contribution < 1.29 is 14.4 Å². The van der Waals surface area contributed by atoms with Crippen LogP contribution in [-0.4, -0.2) is 15.0 Å². The van der Waals surface area contributed by atoms with E-state index >= 15 is 0 Å². The molecule has 1 heterocycles. The molecule has 22 heavy (non-hydrogen) atoms. The number of nitro benzene ring substituents is 1. The number of aromatic hydroxyl groups is 1. The number of hydrogen-bond donors (Lipinski definition) is 1. The predicted octanol–water partition coefficient (Wildman–Crippen LogP) is 4.38. The van der Waals surface area contributed by atoms with Gasteiger partial charge in [-0.3, -0.25) is 10.1 Å². The third-order valence-corrected chi connectivity index (χ3v) is 3.74. The van der Waals surface area contributed by atoms with Crippen LogP contribution in [0, 0.1) is 10.1 Å². The van der Waals surface area contributed by atoms with Gasteiger partial charge in [-0.2, -0.15) is 0 Å². The number of benzene rings is 2. The van der Waals surface area contributed by atoms with Crippen LogP contribution in [0.3, 0.4) is 0 Å². The van der Waals surface area contributed by atoms with Crippen molar-refractivity contribution in [2.24, 2.45) is 0 Å². The molecule has 0 atom stereocenters. The second-order valence-corrected chi connectivity index (χ2v) is 5.35. The Labute approximate surface area is 133 Å². The zero-order valence-corrected chi connectivity index (χ0v) is 12.6. The number of hydrogen-bond acceptors (Lipinski definition) is 5. The minimum absolute atomic E-state index is 0.0393.